The number of nitrogen functional groups attached to an aromatic ring is 1. The average Bonchev–Trinajstić information content (AvgIpc) is 2.03. The summed E-state index contributed by atoms with van der Waals surface area (Å²) in [4.78, 5) is 7.57. The highest BCUT2D eigenvalue weighted by Crippen LogP contribution is 2.12. The maximum atomic E-state index is 12.1. The summed E-state index contributed by atoms with van der Waals surface area (Å²) >= 11 is 0. The Balaban J connectivity index is 2.86. The van der Waals surface area contributed by atoms with E-state index in [4.69, 9.17) is 5.73 Å². The van der Waals surface area contributed by atoms with Crippen molar-refractivity contribution >= 4 is 5.95 Å². The molecule has 0 bridgehead atoms. The van der Waals surface area contributed by atoms with E-state index in [9.17, 15) is 4.39 Å². The van der Waals surface area contributed by atoms with Crippen molar-refractivity contribution in [1.82, 2.24) is 9.97 Å². The van der Waals surface area contributed by atoms with Crippen molar-refractivity contribution in [2.24, 2.45) is 0 Å². The van der Waals surface area contributed by atoms with Crippen molar-refractivity contribution in [3.63, 3.8) is 0 Å². The summed E-state index contributed by atoms with van der Waals surface area (Å²) in [5.74, 6) is 0.00287. The van der Waals surface area contributed by atoms with Gasteiger partial charge in [0.1, 0.15) is 0 Å². The van der Waals surface area contributed by atoms with Gasteiger partial charge in [0.05, 0.1) is 12.4 Å². The fourth-order valence-corrected chi connectivity index (χ4v) is 0.742. The molecule has 1 heterocycles. The van der Waals surface area contributed by atoms with Crippen LogP contribution in [0.15, 0.2) is 12.3 Å². The summed E-state index contributed by atoms with van der Waals surface area (Å²) < 4.78 is 12.1. The summed E-state index contributed by atoms with van der Waals surface area (Å²) in [6.07, 6.45) is 1.53. The highest BCUT2D eigenvalue weighted by Gasteiger charge is 2.05. The average molecular weight is 155 g/mol. The number of aromatic nitrogens is 2. The van der Waals surface area contributed by atoms with E-state index < -0.39 is 6.67 Å². The van der Waals surface area contributed by atoms with Gasteiger partial charge in [0.25, 0.3) is 0 Å². The molecule has 1 atom stereocenters. The third-order valence-electron chi connectivity index (χ3n) is 1.43. The molecule has 0 aromatic carbocycles. The van der Waals surface area contributed by atoms with Crippen LogP contribution in [-0.2, 0) is 0 Å². The Kier molecular flexibility index (Phi) is 2.36. The van der Waals surface area contributed by atoms with Crippen molar-refractivity contribution in [3.8, 4) is 0 Å². The first kappa shape index (κ1) is 7.91. The van der Waals surface area contributed by atoms with Gasteiger partial charge in [0.15, 0.2) is 0 Å². The van der Waals surface area contributed by atoms with Crippen molar-refractivity contribution in [2.45, 2.75) is 12.8 Å². The van der Waals surface area contributed by atoms with Gasteiger partial charge in [-0.1, -0.05) is 6.92 Å². The number of alkyl halides is 1. The Morgan fingerprint density at radius 3 is 3.00 bits per heavy atom. The molecule has 0 aliphatic carbocycles. The van der Waals surface area contributed by atoms with Gasteiger partial charge < -0.3 is 5.73 Å². The van der Waals surface area contributed by atoms with Crippen LogP contribution in [0.25, 0.3) is 0 Å². The molecule has 0 spiro atoms. The minimum atomic E-state index is -0.420. The minimum absolute atomic E-state index is 0.194. The highest BCUT2D eigenvalue weighted by molar-refractivity contribution is 5.19. The minimum Gasteiger partial charge on any atom is -0.368 e. The standard InChI is InChI=1S/C7H10FN3/c1-5(4-8)6-2-3-10-7(9)11-6/h2-3,5H,4H2,1H3,(H2,9,10,11). The molecule has 60 valence electrons. The fraction of sp³-hybridized carbons (Fsp3) is 0.429. The van der Waals surface area contributed by atoms with Gasteiger partial charge in [-0.05, 0) is 6.07 Å². The van der Waals surface area contributed by atoms with E-state index in [1.165, 1.54) is 6.20 Å². The van der Waals surface area contributed by atoms with E-state index in [1.54, 1.807) is 13.0 Å². The van der Waals surface area contributed by atoms with Crippen LogP contribution in [0.4, 0.5) is 10.3 Å². The van der Waals surface area contributed by atoms with Gasteiger partial charge in [-0.25, -0.2) is 9.97 Å². The maximum Gasteiger partial charge on any atom is 0.220 e. The number of anilines is 1. The Labute approximate surface area is 64.5 Å². The van der Waals surface area contributed by atoms with Crippen LogP contribution < -0.4 is 5.73 Å². The first-order valence-corrected chi connectivity index (χ1v) is 3.38. The first-order chi connectivity index (χ1) is 5.24. The van der Waals surface area contributed by atoms with Gasteiger partial charge in [-0.2, -0.15) is 0 Å². The lowest BCUT2D eigenvalue weighted by Crippen LogP contribution is -2.02. The molecule has 11 heavy (non-hydrogen) atoms. The Morgan fingerprint density at radius 1 is 1.73 bits per heavy atom. The van der Waals surface area contributed by atoms with Crippen LogP contribution in [0, 0.1) is 0 Å². The number of rotatable bonds is 2. The summed E-state index contributed by atoms with van der Waals surface area (Å²) in [6, 6.07) is 1.67. The molecule has 0 aliphatic rings. The number of hydrogen-bond acceptors (Lipinski definition) is 3. The van der Waals surface area contributed by atoms with Crippen LogP contribution in [0.5, 0.6) is 0 Å². The van der Waals surface area contributed by atoms with E-state index >= 15 is 0 Å². The summed E-state index contributed by atoms with van der Waals surface area (Å²) in [5.41, 5.74) is 5.96. The lowest BCUT2D eigenvalue weighted by atomic mass is 10.1. The molecule has 2 N–H and O–H groups in total. The molecule has 3 nitrogen and oxygen atoms in total. The second-order valence-electron chi connectivity index (χ2n) is 2.40. The predicted molar refractivity (Wildman–Crippen MR) is 40.8 cm³/mol. The zero-order valence-electron chi connectivity index (χ0n) is 6.29. The van der Waals surface area contributed by atoms with E-state index in [2.05, 4.69) is 9.97 Å². The van der Waals surface area contributed by atoms with E-state index in [-0.39, 0.29) is 11.9 Å². The highest BCUT2D eigenvalue weighted by atomic mass is 19.1. The van der Waals surface area contributed by atoms with Crippen LogP contribution in [0.2, 0.25) is 0 Å². The number of nitrogens with zero attached hydrogens (tertiary/aromatic N) is 2. The molecule has 1 unspecified atom stereocenters. The first-order valence-electron chi connectivity index (χ1n) is 3.38. The zero-order valence-corrected chi connectivity index (χ0v) is 6.29. The lowest BCUT2D eigenvalue weighted by Gasteiger charge is -2.04. The SMILES string of the molecule is CC(CF)c1ccnc(N)n1. The van der Waals surface area contributed by atoms with Gasteiger partial charge in [0.2, 0.25) is 5.95 Å². The fourth-order valence-electron chi connectivity index (χ4n) is 0.742. The molecule has 0 saturated heterocycles. The smallest absolute Gasteiger partial charge is 0.220 e. The third-order valence-corrected chi connectivity index (χ3v) is 1.43. The van der Waals surface area contributed by atoms with Gasteiger partial charge in [-0.15, -0.1) is 0 Å². The molecular weight excluding hydrogens is 145 g/mol. The van der Waals surface area contributed by atoms with Crippen molar-refractivity contribution in [3.05, 3.63) is 18.0 Å². The van der Waals surface area contributed by atoms with Crippen LogP contribution in [-0.4, -0.2) is 16.6 Å². The predicted octanol–water partition coefficient (Wildman–Crippen LogP) is 1.13. The van der Waals surface area contributed by atoms with Crippen LogP contribution in [0.3, 0.4) is 0 Å². The zero-order chi connectivity index (χ0) is 8.27. The van der Waals surface area contributed by atoms with E-state index in [0.717, 1.165) is 0 Å². The number of nitrogens with two attached hydrogens (primary N) is 1. The summed E-state index contributed by atoms with van der Waals surface area (Å²) in [7, 11) is 0. The molecule has 1 rings (SSSR count). The van der Waals surface area contributed by atoms with E-state index in [0.29, 0.717) is 5.69 Å². The number of halogens is 1. The van der Waals surface area contributed by atoms with Gasteiger partial charge in [-0.3, -0.25) is 4.39 Å². The lowest BCUT2D eigenvalue weighted by molar-refractivity contribution is 0.442. The van der Waals surface area contributed by atoms with Crippen LogP contribution >= 0.6 is 0 Å². The Bertz CT molecular complexity index is 239. The molecule has 0 amide bonds. The largest absolute Gasteiger partial charge is 0.368 e. The van der Waals surface area contributed by atoms with Crippen LogP contribution in [0.1, 0.15) is 18.5 Å². The molecule has 4 heteroatoms. The normalized spacial score (nSPS) is 12.9. The Morgan fingerprint density at radius 2 is 2.45 bits per heavy atom. The summed E-state index contributed by atoms with van der Waals surface area (Å²) in [6.45, 7) is 1.33. The molecular formula is C7H10FN3. The molecule has 0 radical (unpaired) electrons. The van der Waals surface area contributed by atoms with E-state index in [1.807, 2.05) is 0 Å². The second kappa shape index (κ2) is 3.27. The quantitative estimate of drug-likeness (QED) is 0.696. The van der Waals surface area contributed by atoms with Gasteiger partial charge >= 0.3 is 0 Å². The van der Waals surface area contributed by atoms with Crippen molar-refractivity contribution in [1.29, 1.82) is 0 Å². The molecule has 1 aromatic rings. The molecule has 0 aliphatic heterocycles. The Hall–Kier alpha value is -1.19. The monoisotopic (exact) mass is 155 g/mol. The molecule has 0 saturated carbocycles. The summed E-state index contributed by atoms with van der Waals surface area (Å²) in [5, 5.41) is 0. The third kappa shape index (κ3) is 1.86. The van der Waals surface area contributed by atoms with Gasteiger partial charge in [0, 0.05) is 12.1 Å². The van der Waals surface area contributed by atoms with Crippen molar-refractivity contribution in [2.75, 3.05) is 12.4 Å². The maximum absolute atomic E-state index is 12.1. The second-order valence-corrected chi connectivity index (χ2v) is 2.40. The molecule has 1 aromatic heterocycles. The van der Waals surface area contributed by atoms with Crippen molar-refractivity contribution < 1.29 is 4.39 Å². The molecule has 0 fully saturated rings. The number of hydrogen-bond donors (Lipinski definition) is 1. The topological polar surface area (TPSA) is 51.8 Å².